The molecule has 0 aliphatic carbocycles. The molecule has 1 amide bonds. The third-order valence-corrected chi connectivity index (χ3v) is 5.64. The van der Waals surface area contributed by atoms with Gasteiger partial charge in [0.2, 0.25) is 5.91 Å². The number of nitrogens with zero attached hydrogens (tertiary/aromatic N) is 4. The number of likely N-dealkylation sites (tertiary alicyclic amines) is 1. The Kier molecular flexibility index (Phi) is 6.36. The molecule has 9 heteroatoms. The van der Waals surface area contributed by atoms with E-state index >= 15 is 0 Å². The quantitative estimate of drug-likeness (QED) is 0.545. The Balaban J connectivity index is 1.41. The number of oxazole rings is 1. The summed E-state index contributed by atoms with van der Waals surface area (Å²) in [5, 5.41) is 4.71. The van der Waals surface area contributed by atoms with Crippen LogP contribution < -0.4 is 0 Å². The van der Waals surface area contributed by atoms with Crippen molar-refractivity contribution in [2.24, 2.45) is 0 Å². The van der Waals surface area contributed by atoms with Crippen LogP contribution in [0.3, 0.4) is 0 Å². The van der Waals surface area contributed by atoms with E-state index in [1.807, 2.05) is 24.3 Å². The average molecular weight is 449 g/mol. The summed E-state index contributed by atoms with van der Waals surface area (Å²) in [5.41, 5.74) is 1.25. The number of hydrogen-bond acceptors (Lipinski definition) is 4. The molecule has 4 rings (SSSR count). The summed E-state index contributed by atoms with van der Waals surface area (Å²) in [6.45, 7) is 2.45. The zero-order valence-corrected chi connectivity index (χ0v) is 17.9. The Morgan fingerprint density at radius 1 is 1.35 bits per heavy atom. The molecule has 1 fully saturated rings. The predicted octanol–water partition coefficient (Wildman–Crippen LogP) is 4.77. The first-order valence-electron chi connectivity index (χ1n) is 10.2. The number of aryl methyl sites for hydroxylation is 1. The van der Waals surface area contributed by atoms with Crippen LogP contribution in [0.5, 0.6) is 0 Å². The molecule has 0 bridgehead atoms. The second kappa shape index (κ2) is 9.18. The number of alkyl halides is 2. The highest BCUT2D eigenvalue weighted by Crippen LogP contribution is 2.28. The number of carbonyl (C=O) groups is 1. The standard InChI is InChI=1S/C22H23ClF2N4O2/c1-14-8-19(21(24)25)29(27-14)13-20(30)28-7-3-5-16(12-28)22-26-11-18(31-22)10-15-4-2-6-17(23)9-15/h2,4,6,8-9,11,16,21H,3,5,7,10,12-13H2,1H3. The average Bonchev–Trinajstić information content (AvgIpc) is 3.34. The van der Waals surface area contributed by atoms with Gasteiger partial charge in [-0.3, -0.25) is 9.48 Å². The van der Waals surface area contributed by atoms with Crippen molar-refractivity contribution in [1.82, 2.24) is 19.7 Å². The zero-order chi connectivity index (χ0) is 22.0. The second-order valence-electron chi connectivity index (χ2n) is 7.82. The lowest BCUT2D eigenvalue weighted by atomic mass is 9.98. The first kappa shape index (κ1) is 21.5. The molecule has 31 heavy (non-hydrogen) atoms. The molecule has 164 valence electrons. The minimum atomic E-state index is -2.67. The van der Waals surface area contributed by atoms with Crippen molar-refractivity contribution in [2.45, 2.75) is 45.1 Å². The lowest BCUT2D eigenvalue weighted by Crippen LogP contribution is -2.41. The summed E-state index contributed by atoms with van der Waals surface area (Å²) >= 11 is 6.04. The van der Waals surface area contributed by atoms with Gasteiger partial charge in [-0.2, -0.15) is 5.10 Å². The molecule has 0 N–H and O–H groups in total. The van der Waals surface area contributed by atoms with Crippen molar-refractivity contribution < 1.29 is 18.0 Å². The molecule has 2 aromatic heterocycles. The zero-order valence-electron chi connectivity index (χ0n) is 17.1. The molecule has 0 spiro atoms. The third kappa shape index (κ3) is 5.12. The Morgan fingerprint density at radius 2 is 2.19 bits per heavy atom. The van der Waals surface area contributed by atoms with Gasteiger partial charge in [0.15, 0.2) is 5.89 Å². The van der Waals surface area contributed by atoms with Gasteiger partial charge in [-0.15, -0.1) is 0 Å². The molecule has 1 atom stereocenters. The van der Waals surface area contributed by atoms with Gasteiger partial charge in [-0.25, -0.2) is 13.8 Å². The van der Waals surface area contributed by atoms with Crippen LogP contribution >= 0.6 is 11.6 Å². The van der Waals surface area contributed by atoms with Crippen LogP contribution in [0.25, 0.3) is 0 Å². The van der Waals surface area contributed by atoms with Crippen molar-refractivity contribution in [3.05, 3.63) is 70.2 Å². The number of halogens is 3. The molecule has 0 radical (unpaired) electrons. The predicted molar refractivity (Wildman–Crippen MR) is 111 cm³/mol. The van der Waals surface area contributed by atoms with Gasteiger partial charge in [-0.1, -0.05) is 23.7 Å². The lowest BCUT2D eigenvalue weighted by Gasteiger charge is -2.31. The van der Waals surface area contributed by atoms with Crippen LogP contribution in [0.2, 0.25) is 5.02 Å². The Bertz CT molecular complexity index is 1070. The topological polar surface area (TPSA) is 64.2 Å². The van der Waals surface area contributed by atoms with Crippen molar-refractivity contribution >= 4 is 17.5 Å². The van der Waals surface area contributed by atoms with Gasteiger partial charge in [0.25, 0.3) is 6.43 Å². The first-order valence-corrected chi connectivity index (χ1v) is 10.6. The summed E-state index contributed by atoms with van der Waals surface area (Å²) in [6, 6.07) is 8.87. The maximum absolute atomic E-state index is 13.2. The van der Waals surface area contributed by atoms with Gasteiger partial charge in [0.05, 0.1) is 17.8 Å². The highest BCUT2D eigenvalue weighted by molar-refractivity contribution is 6.30. The van der Waals surface area contributed by atoms with Crippen molar-refractivity contribution in [1.29, 1.82) is 0 Å². The minimum Gasteiger partial charge on any atom is -0.445 e. The van der Waals surface area contributed by atoms with Gasteiger partial charge >= 0.3 is 0 Å². The molecule has 1 aliphatic rings. The summed E-state index contributed by atoms with van der Waals surface area (Å²) in [4.78, 5) is 18.9. The summed E-state index contributed by atoms with van der Waals surface area (Å²) in [6.07, 6.45) is 1.26. The van der Waals surface area contributed by atoms with Crippen molar-refractivity contribution in [2.75, 3.05) is 13.1 Å². The van der Waals surface area contributed by atoms with E-state index in [-0.39, 0.29) is 24.1 Å². The van der Waals surface area contributed by atoms with Crippen LogP contribution in [-0.4, -0.2) is 38.7 Å². The molecular weight excluding hydrogens is 426 g/mol. The Morgan fingerprint density at radius 3 is 2.97 bits per heavy atom. The molecule has 6 nitrogen and oxygen atoms in total. The fourth-order valence-electron chi connectivity index (χ4n) is 3.94. The van der Waals surface area contributed by atoms with E-state index < -0.39 is 6.43 Å². The normalized spacial score (nSPS) is 16.8. The van der Waals surface area contributed by atoms with E-state index in [1.54, 1.807) is 18.0 Å². The summed E-state index contributed by atoms with van der Waals surface area (Å²) in [5.74, 6) is 1.06. The van der Waals surface area contributed by atoms with E-state index in [4.69, 9.17) is 16.0 Å². The van der Waals surface area contributed by atoms with E-state index in [0.717, 1.165) is 28.8 Å². The highest BCUT2D eigenvalue weighted by atomic mass is 35.5. The van der Waals surface area contributed by atoms with Gasteiger partial charge in [-0.05, 0) is 43.5 Å². The number of rotatable bonds is 6. The van der Waals surface area contributed by atoms with Crippen LogP contribution in [-0.2, 0) is 17.8 Å². The number of amides is 1. The summed E-state index contributed by atoms with van der Waals surface area (Å²) in [7, 11) is 0. The number of hydrogen-bond donors (Lipinski definition) is 0. The second-order valence-corrected chi connectivity index (χ2v) is 8.26. The van der Waals surface area contributed by atoms with Gasteiger partial charge in [0, 0.05) is 24.5 Å². The van der Waals surface area contributed by atoms with Crippen LogP contribution in [0.4, 0.5) is 8.78 Å². The van der Waals surface area contributed by atoms with Crippen LogP contribution in [0, 0.1) is 6.92 Å². The van der Waals surface area contributed by atoms with Gasteiger partial charge in [0.1, 0.15) is 18.0 Å². The molecule has 1 saturated heterocycles. The largest absolute Gasteiger partial charge is 0.445 e. The molecule has 1 aliphatic heterocycles. The fourth-order valence-corrected chi connectivity index (χ4v) is 4.16. The molecule has 1 aromatic carbocycles. The number of aromatic nitrogens is 3. The molecule has 0 saturated carbocycles. The monoisotopic (exact) mass is 448 g/mol. The fraction of sp³-hybridized carbons (Fsp3) is 0.409. The smallest absolute Gasteiger partial charge is 0.280 e. The molecule has 1 unspecified atom stereocenters. The van der Waals surface area contributed by atoms with Crippen LogP contribution in [0.15, 0.2) is 40.9 Å². The van der Waals surface area contributed by atoms with Crippen LogP contribution in [0.1, 0.15) is 53.8 Å². The number of benzene rings is 1. The highest BCUT2D eigenvalue weighted by Gasteiger charge is 2.29. The first-order chi connectivity index (χ1) is 14.9. The van der Waals surface area contributed by atoms with E-state index in [1.165, 1.54) is 6.07 Å². The summed E-state index contributed by atoms with van der Waals surface area (Å²) < 4.78 is 33.4. The molecule has 3 aromatic rings. The lowest BCUT2D eigenvalue weighted by molar-refractivity contribution is -0.133. The maximum atomic E-state index is 13.2. The number of piperidine rings is 1. The SMILES string of the molecule is Cc1cc(C(F)F)n(CC(=O)N2CCCC(c3ncc(Cc4cccc(Cl)c4)o3)C2)n1. The Hall–Kier alpha value is -2.74. The van der Waals surface area contributed by atoms with Crippen molar-refractivity contribution in [3.63, 3.8) is 0 Å². The Labute approximate surface area is 183 Å². The maximum Gasteiger partial charge on any atom is 0.280 e. The van der Waals surface area contributed by atoms with Crippen molar-refractivity contribution in [3.8, 4) is 0 Å². The van der Waals surface area contributed by atoms with E-state index in [0.29, 0.717) is 36.1 Å². The number of carbonyl (C=O) groups excluding carboxylic acids is 1. The molecular formula is C22H23ClF2N4O2. The third-order valence-electron chi connectivity index (χ3n) is 5.40. The van der Waals surface area contributed by atoms with Gasteiger partial charge < -0.3 is 9.32 Å². The van der Waals surface area contributed by atoms with E-state index in [2.05, 4.69) is 10.1 Å². The molecule has 3 heterocycles. The van der Waals surface area contributed by atoms with E-state index in [9.17, 15) is 13.6 Å². The minimum absolute atomic E-state index is 0.0280.